The second-order valence-electron chi connectivity index (χ2n) is 5.97. The molecule has 0 aromatic carbocycles. The van der Waals surface area contributed by atoms with Crippen LogP contribution in [0.3, 0.4) is 0 Å². The Balaban J connectivity index is 2.24. The van der Waals surface area contributed by atoms with Gasteiger partial charge in [-0.25, -0.2) is 4.79 Å². The molecule has 1 aromatic heterocycles. The first-order valence-electron chi connectivity index (χ1n) is 8.32. The summed E-state index contributed by atoms with van der Waals surface area (Å²) in [6.45, 7) is 0.374. The Hall–Kier alpha value is -2.42. The molecule has 1 aliphatic rings. The molecule has 5 N–H and O–H groups in total. The summed E-state index contributed by atoms with van der Waals surface area (Å²) < 4.78 is 10.9. The lowest BCUT2D eigenvalue weighted by Gasteiger charge is -2.39. The number of nitrogens with one attached hydrogen (secondary N) is 1. The number of amides is 1. The molecular weight excluding hydrogens is 390 g/mol. The van der Waals surface area contributed by atoms with Crippen LogP contribution in [0.25, 0.3) is 0 Å². The van der Waals surface area contributed by atoms with E-state index in [2.05, 4.69) is 17.2 Å². The third-order valence-electron chi connectivity index (χ3n) is 3.89. The minimum Gasteiger partial charge on any atom is -0.478 e. The van der Waals surface area contributed by atoms with Crippen LogP contribution in [-0.2, 0) is 19.1 Å². The highest BCUT2D eigenvalue weighted by molar-refractivity contribution is 7.08. The van der Waals surface area contributed by atoms with Crippen LogP contribution < -0.4 is 5.32 Å². The van der Waals surface area contributed by atoms with Gasteiger partial charge in [-0.05, 0) is 17.5 Å². The molecule has 9 nitrogen and oxygen atoms in total. The maximum atomic E-state index is 11.6. The Morgan fingerprint density at radius 1 is 1.43 bits per heavy atom. The zero-order valence-electron chi connectivity index (χ0n) is 14.9. The lowest BCUT2D eigenvalue weighted by Crippen LogP contribution is -2.60. The summed E-state index contributed by atoms with van der Waals surface area (Å²) in [6.07, 6.45) is -4.48. The van der Waals surface area contributed by atoms with E-state index in [9.17, 15) is 24.9 Å². The van der Waals surface area contributed by atoms with E-state index in [0.29, 0.717) is 0 Å². The lowest BCUT2D eigenvalue weighted by molar-refractivity contribution is -0.151. The smallest absolute Gasteiger partial charge is 0.370 e. The van der Waals surface area contributed by atoms with Crippen molar-refractivity contribution in [3.8, 4) is 11.8 Å². The van der Waals surface area contributed by atoms with Crippen LogP contribution in [0, 0.1) is 11.8 Å². The summed E-state index contributed by atoms with van der Waals surface area (Å²) in [5, 5.41) is 44.6. The van der Waals surface area contributed by atoms with Crippen molar-refractivity contribution in [3.63, 3.8) is 0 Å². The summed E-state index contributed by atoms with van der Waals surface area (Å²) in [4.78, 5) is 23.0. The number of carbonyl (C=O) groups excluding carboxylic acids is 1. The van der Waals surface area contributed by atoms with Gasteiger partial charge in [-0.2, -0.15) is 11.3 Å². The van der Waals surface area contributed by atoms with Gasteiger partial charge < -0.3 is 35.2 Å². The summed E-state index contributed by atoms with van der Waals surface area (Å²) in [6, 6.07) is 0.817. The first-order chi connectivity index (χ1) is 13.3. The minimum absolute atomic E-state index is 0.0780. The molecule has 0 saturated carbocycles. The third kappa shape index (κ3) is 5.79. The molecule has 1 aromatic rings. The van der Waals surface area contributed by atoms with Crippen molar-refractivity contribution >= 4 is 23.2 Å². The van der Waals surface area contributed by atoms with Crippen molar-refractivity contribution in [2.75, 3.05) is 13.2 Å². The number of thiophene rings is 1. The van der Waals surface area contributed by atoms with Crippen LogP contribution in [0.2, 0.25) is 0 Å². The van der Waals surface area contributed by atoms with Gasteiger partial charge in [-0.15, -0.1) is 0 Å². The summed E-state index contributed by atoms with van der Waals surface area (Å²) >= 11 is 1.49. The number of aliphatic hydroxyl groups excluding tert-OH is 3. The zero-order valence-corrected chi connectivity index (χ0v) is 15.8. The third-order valence-corrected chi connectivity index (χ3v) is 4.57. The van der Waals surface area contributed by atoms with Crippen molar-refractivity contribution in [2.45, 2.75) is 37.4 Å². The van der Waals surface area contributed by atoms with Gasteiger partial charge in [0.15, 0.2) is 6.10 Å². The van der Waals surface area contributed by atoms with Gasteiger partial charge in [-0.3, -0.25) is 4.79 Å². The number of aliphatic carboxylic acids is 1. The van der Waals surface area contributed by atoms with Gasteiger partial charge in [0.25, 0.3) is 0 Å². The molecule has 2 rings (SSSR count). The Morgan fingerprint density at radius 2 is 2.18 bits per heavy atom. The molecule has 152 valence electrons. The first-order valence-corrected chi connectivity index (χ1v) is 9.26. The average molecular weight is 411 g/mol. The maximum Gasteiger partial charge on any atom is 0.370 e. The van der Waals surface area contributed by atoms with Crippen molar-refractivity contribution in [2.24, 2.45) is 0 Å². The second-order valence-corrected chi connectivity index (χ2v) is 6.75. The fourth-order valence-corrected chi connectivity index (χ4v) is 3.18. The molecule has 0 fully saturated rings. The van der Waals surface area contributed by atoms with E-state index in [0.717, 1.165) is 11.6 Å². The predicted octanol–water partition coefficient (Wildman–Crippen LogP) is -0.929. The highest BCUT2D eigenvalue weighted by atomic mass is 32.1. The van der Waals surface area contributed by atoms with E-state index in [1.807, 2.05) is 16.8 Å². The molecule has 0 radical (unpaired) electrons. The molecule has 0 bridgehead atoms. The molecule has 2 heterocycles. The Kier molecular flexibility index (Phi) is 7.98. The van der Waals surface area contributed by atoms with E-state index in [-0.39, 0.29) is 6.61 Å². The standard InChI is InChI=1S/C18H21NO8S/c1-10(21)19-15-13(26-5-2-3-11-4-6-28-9-11)7-14(18(24)25)27-17(15)16(23)12(22)8-20/h4,6-7,9,12-13,15-17,20,22-23H,5,8H2,1H3,(H,19,21)(H,24,25)/t12-,13-,15-,16-,17+/m1/s1. The van der Waals surface area contributed by atoms with Gasteiger partial charge in [-0.1, -0.05) is 11.8 Å². The fourth-order valence-electron chi connectivity index (χ4n) is 2.59. The van der Waals surface area contributed by atoms with Gasteiger partial charge in [0, 0.05) is 17.9 Å². The van der Waals surface area contributed by atoms with E-state index in [1.165, 1.54) is 18.3 Å². The molecule has 5 atom stereocenters. The van der Waals surface area contributed by atoms with Gasteiger partial charge >= 0.3 is 5.97 Å². The number of hydrogen-bond donors (Lipinski definition) is 5. The average Bonchev–Trinajstić information content (AvgIpc) is 3.17. The van der Waals surface area contributed by atoms with Crippen molar-refractivity contribution < 1.29 is 39.5 Å². The predicted molar refractivity (Wildman–Crippen MR) is 98.2 cm³/mol. The monoisotopic (exact) mass is 411 g/mol. The topological polar surface area (TPSA) is 146 Å². The van der Waals surface area contributed by atoms with Crippen LogP contribution in [0.15, 0.2) is 28.7 Å². The molecule has 0 saturated heterocycles. The molecule has 1 aliphatic heterocycles. The summed E-state index contributed by atoms with van der Waals surface area (Å²) in [7, 11) is 0. The Morgan fingerprint density at radius 3 is 2.75 bits per heavy atom. The highest BCUT2D eigenvalue weighted by Crippen LogP contribution is 2.24. The molecule has 0 unspecified atom stereocenters. The van der Waals surface area contributed by atoms with Crippen LogP contribution in [0.4, 0.5) is 0 Å². The molecule has 28 heavy (non-hydrogen) atoms. The van der Waals surface area contributed by atoms with Gasteiger partial charge in [0.2, 0.25) is 11.7 Å². The zero-order chi connectivity index (χ0) is 20.7. The van der Waals surface area contributed by atoms with Crippen LogP contribution in [-0.4, -0.2) is 76.0 Å². The van der Waals surface area contributed by atoms with Crippen LogP contribution >= 0.6 is 11.3 Å². The number of rotatable bonds is 7. The van der Waals surface area contributed by atoms with E-state index in [1.54, 1.807) is 0 Å². The lowest BCUT2D eigenvalue weighted by atomic mass is 9.93. The van der Waals surface area contributed by atoms with Crippen LogP contribution in [0.5, 0.6) is 0 Å². The summed E-state index contributed by atoms with van der Waals surface area (Å²) in [5.74, 6) is 3.26. The number of ether oxygens (including phenoxy) is 2. The van der Waals surface area contributed by atoms with Gasteiger partial charge in [0.1, 0.15) is 24.9 Å². The molecule has 1 amide bonds. The van der Waals surface area contributed by atoms with Gasteiger partial charge in [0.05, 0.1) is 12.6 Å². The molecule has 10 heteroatoms. The normalized spacial score (nSPS) is 23.4. The SMILES string of the molecule is CC(=O)N[C@H]1[C@@H]([C@H](O)[C@H](O)CO)OC(C(=O)O)=C[C@H]1OCC#Cc1ccsc1. The van der Waals surface area contributed by atoms with E-state index in [4.69, 9.17) is 14.6 Å². The van der Waals surface area contributed by atoms with Crippen LogP contribution in [0.1, 0.15) is 12.5 Å². The second kappa shape index (κ2) is 10.2. The Labute approximate surface area is 165 Å². The fraction of sp³-hybridized carbons (Fsp3) is 0.444. The number of carbonyl (C=O) groups is 2. The Bertz CT molecular complexity index is 766. The highest BCUT2D eigenvalue weighted by Gasteiger charge is 2.44. The van der Waals surface area contributed by atoms with Crippen molar-refractivity contribution in [1.82, 2.24) is 5.32 Å². The largest absolute Gasteiger partial charge is 0.478 e. The minimum atomic E-state index is -1.67. The first kappa shape index (κ1) is 21.9. The quantitative estimate of drug-likeness (QED) is 0.362. The summed E-state index contributed by atoms with van der Waals surface area (Å²) in [5.41, 5.74) is 0.806. The van der Waals surface area contributed by atoms with E-state index >= 15 is 0 Å². The maximum absolute atomic E-state index is 11.6. The number of hydrogen-bond acceptors (Lipinski definition) is 8. The molecular formula is C18H21NO8S. The van der Waals surface area contributed by atoms with E-state index < -0.39 is 54.7 Å². The molecule has 0 spiro atoms. The number of carboxylic acid groups (broad SMARTS) is 1. The number of carboxylic acids is 1. The van der Waals surface area contributed by atoms with Crippen molar-refractivity contribution in [1.29, 1.82) is 0 Å². The number of aliphatic hydroxyl groups is 3. The molecule has 0 aliphatic carbocycles. The van der Waals surface area contributed by atoms with Crippen molar-refractivity contribution in [3.05, 3.63) is 34.2 Å².